The van der Waals surface area contributed by atoms with Crippen molar-refractivity contribution >= 4 is 5.97 Å². The Labute approximate surface area is 252 Å². The first-order valence-corrected chi connectivity index (χ1v) is 16.2. The first kappa shape index (κ1) is 32.2. The summed E-state index contributed by atoms with van der Waals surface area (Å²) in [5.41, 5.74) is -2.15. The van der Waals surface area contributed by atoms with Crippen molar-refractivity contribution < 1.29 is 35.1 Å². The summed E-state index contributed by atoms with van der Waals surface area (Å²) in [4.78, 5) is 13.3. The highest BCUT2D eigenvalue weighted by Gasteiger charge is 2.75. The molecule has 0 spiro atoms. The molecule has 0 saturated heterocycles. The average molecular weight is 589 g/mol. The van der Waals surface area contributed by atoms with Gasteiger partial charge in [-0.3, -0.25) is 0 Å². The Morgan fingerprint density at radius 2 is 1.60 bits per heavy atom. The third-order valence-electron chi connectivity index (χ3n) is 14.5. The molecule has 5 aliphatic rings. The monoisotopic (exact) mass is 588 g/mol. The Balaban J connectivity index is 1.71. The summed E-state index contributed by atoms with van der Waals surface area (Å²) < 4.78 is 6.18. The quantitative estimate of drug-likeness (QED) is 0.186. The van der Waals surface area contributed by atoms with E-state index in [0.29, 0.717) is 17.9 Å². The van der Waals surface area contributed by atoms with Crippen molar-refractivity contribution in [2.24, 2.45) is 50.2 Å². The molecule has 0 aromatic heterocycles. The second-order valence-electron chi connectivity index (χ2n) is 16.7. The molecule has 0 aliphatic heterocycles. The molecule has 0 amide bonds. The third-order valence-corrected chi connectivity index (χ3v) is 14.5. The molecule has 12 atom stereocenters. The van der Waals surface area contributed by atoms with E-state index in [9.17, 15) is 30.3 Å². The normalized spacial score (nSPS) is 51.3. The molecule has 238 valence electrons. The molecule has 7 nitrogen and oxygen atoms in total. The first-order chi connectivity index (χ1) is 19.3. The fraction of sp³-hybridized carbons (Fsp3) is 0.857. The molecular weight excluding hydrogens is 532 g/mol. The lowest BCUT2D eigenvalue weighted by molar-refractivity contribution is -0.291. The summed E-state index contributed by atoms with van der Waals surface area (Å²) >= 11 is 0. The Kier molecular flexibility index (Phi) is 7.56. The van der Waals surface area contributed by atoms with Crippen LogP contribution < -0.4 is 0 Å². The molecule has 0 aromatic rings. The van der Waals surface area contributed by atoms with Gasteiger partial charge in [-0.1, -0.05) is 66.2 Å². The molecule has 0 radical (unpaired) electrons. The highest BCUT2D eigenvalue weighted by atomic mass is 16.6. The van der Waals surface area contributed by atoms with Gasteiger partial charge in [0.2, 0.25) is 0 Å². The van der Waals surface area contributed by atoms with Crippen LogP contribution in [0.5, 0.6) is 0 Å². The van der Waals surface area contributed by atoms with Gasteiger partial charge in [-0.2, -0.15) is 0 Å². The molecule has 12 unspecified atom stereocenters. The maximum atomic E-state index is 13.3. The average Bonchev–Trinajstić information content (AvgIpc) is 2.92. The number of hydrogen-bond donors (Lipinski definition) is 5. The van der Waals surface area contributed by atoms with E-state index in [1.807, 2.05) is 13.8 Å². The van der Waals surface area contributed by atoms with Gasteiger partial charge in [0.25, 0.3) is 0 Å². The van der Waals surface area contributed by atoms with Crippen LogP contribution in [-0.4, -0.2) is 68.6 Å². The van der Waals surface area contributed by atoms with Gasteiger partial charge >= 0.3 is 5.97 Å². The number of carbonyl (C=O) groups excluding carboxylic acids is 1. The molecule has 4 saturated carbocycles. The number of aliphatic hydroxyl groups excluding tert-OH is 5. The predicted molar refractivity (Wildman–Crippen MR) is 161 cm³/mol. The minimum atomic E-state index is -1.45. The summed E-state index contributed by atoms with van der Waals surface area (Å²) in [5.74, 6) is -0.437. The molecule has 5 N–H and O–H groups in total. The van der Waals surface area contributed by atoms with E-state index in [4.69, 9.17) is 4.74 Å². The van der Waals surface area contributed by atoms with Crippen LogP contribution in [0.3, 0.4) is 0 Å². The van der Waals surface area contributed by atoms with Crippen LogP contribution in [-0.2, 0) is 9.53 Å². The van der Waals surface area contributed by atoms with Crippen molar-refractivity contribution in [2.75, 3.05) is 6.61 Å². The van der Waals surface area contributed by atoms with Crippen LogP contribution in [0.1, 0.15) is 101 Å². The molecular formula is C35H56O7. The van der Waals surface area contributed by atoms with Crippen molar-refractivity contribution in [1.29, 1.82) is 0 Å². The van der Waals surface area contributed by atoms with Crippen molar-refractivity contribution in [2.45, 2.75) is 131 Å². The van der Waals surface area contributed by atoms with Crippen LogP contribution in [0, 0.1) is 50.2 Å². The van der Waals surface area contributed by atoms with E-state index in [2.05, 4.69) is 40.7 Å². The van der Waals surface area contributed by atoms with E-state index in [1.165, 1.54) is 0 Å². The summed E-state index contributed by atoms with van der Waals surface area (Å²) in [6.07, 6.45) is 3.32. The summed E-state index contributed by atoms with van der Waals surface area (Å²) in [6, 6.07) is 0. The molecule has 0 heterocycles. The summed E-state index contributed by atoms with van der Waals surface area (Å²) in [6.45, 7) is 18.0. The van der Waals surface area contributed by atoms with E-state index < -0.39 is 59.2 Å². The fourth-order valence-corrected chi connectivity index (χ4v) is 11.4. The molecule has 0 aromatic carbocycles. The zero-order chi connectivity index (χ0) is 31.4. The van der Waals surface area contributed by atoms with E-state index in [0.717, 1.165) is 37.7 Å². The van der Waals surface area contributed by atoms with Crippen LogP contribution in [0.2, 0.25) is 0 Å². The molecule has 42 heavy (non-hydrogen) atoms. The van der Waals surface area contributed by atoms with Gasteiger partial charge in [0.15, 0.2) is 0 Å². The largest absolute Gasteiger partial charge is 0.455 e. The van der Waals surface area contributed by atoms with Crippen molar-refractivity contribution in [1.82, 2.24) is 0 Å². The maximum Gasteiger partial charge on any atom is 0.333 e. The minimum absolute atomic E-state index is 0.0543. The highest BCUT2D eigenvalue weighted by Crippen LogP contribution is 2.76. The lowest BCUT2D eigenvalue weighted by atomic mass is 9.32. The predicted octanol–water partition coefficient (Wildman–Crippen LogP) is 4.54. The Morgan fingerprint density at radius 3 is 2.19 bits per heavy atom. The van der Waals surface area contributed by atoms with Crippen LogP contribution >= 0.6 is 0 Å². The van der Waals surface area contributed by atoms with Gasteiger partial charge in [0.05, 0.1) is 30.3 Å². The van der Waals surface area contributed by atoms with E-state index >= 15 is 0 Å². The summed E-state index contributed by atoms with van der Waals surface area (Å²) in [5, 5.41) is 58.0. The molecule has 4 fully saturated rings. The van der Waals surface area contributed by atoms with Gasteiger partial charge in [0.1, 0.15) is 12.2 Å². The smallest absolute Gasteiger partial charge is 0.333 e. The van der Waals surface area contributed by atoms with E-state index in [-0.39, 0.29) is 28.3 Å². The highest BCUT2D eigenvalue weighted by molar-refractivity contribution is 5.87. The molecule has 0 bridgehead atoms. The van der Waals surface area contributed by atoms with Crippen molar-refractivity contribution in [3.8, 4) is 0 Å². The van der Waals surface area contributed by atoms with Crippen LogP contribution in [0.25, 0.3) is 0 Å². The van der Waals surface area contributed by atoms with Crippen molar-refractivity contribution in [3.05, 3.63) is 23.3 Å². The Morgan fingerprint density at radius 1 is 0.952 bits per heavy atom. The van der Waals surface area contributed by atoms with Crippen LogP contribution in [0.4, 0.5) is 0 Å². The Hall–Kier alpha value is -1.25. The molecule has 7 heteroatoms. The zero-order valence-electron chi connectivity index (χ0n) is 27.3. The number of carbonyl (C=O) groups is 1. The minimum Gasteiger partial charge on any atom is -0.455 e. The lowest BCUT2D eigenvalue weighted by Gasteiger charge is -2.73. The van der Waals surface area contributed by atoms with E-state index in [1.54, 1.807) is 19.9 Å². The maximum absolute atomic E-state index is 13.3. The first-order valence-electron chi connectivity index (χ1n) is 16.2. The number of esters is 1. The topological polar surface area (TPSA) is 127 Å². The van der Waals surface area contributed by atoms with Gasteiger partial charge in [-0.05, 0) is 91.8 Å². The van der Waals surface area contributed by atoms with Gasteiger partial charge in [0, 0.05) is 11.0 Å². The lowest BCUT2D eigenvalue weighted by Crippen LogP contribution is -2.76. The summed E-state index contributed by atoms with van der Waals surface area (Å²) in [7, 11) is 0. The fourth-order valence-electron chi connectivity index (χ4n) is 11.4. The molecule has 5 aliphatic carbocycles. The number of rotatable bonds is 3. The second kappa shape index (κ2) is 9.87. The van der Waals surface area contributed by atoms with Crippen molar-refractivity contribution in [3.63, 3.8) is 0 Å². The van der Waals surface area contributed by atoms with Gasteiger partial charge < -0.3 is 30.3 Å². The second-order valence-corrected chi connectivity index (χ2v) is 16.7. The third kappa shape index (κ3) is 3.79. The number of allylic oxidation sites excluding steroid dienone is 2. The zero-order valence-corrected chi connectivity index (χ0v) is 27.3. The van der Waals surface area contributed by atoms with Crippen LogP contribution in [0.15, 0.2) is 23.3 Å². The number of hydrogen-bond acceptors (Lipinski definition) is 7. The molecule has 5 rings (SSSR count). The number of fused-ring (bicyclic) bond motifs is 7. The standard InChI is InChI=1S/C35H56O7/c1-10-19(2)29(41)42-28-27(40)34(9)20(21-17-30(3,4)25(38)26(39)35(21,28)18-36)11-12-23-32(7)15-14-24(37)31(5,6)22(32)13-16-33(23,34)8/h10-11,21-28,36-40H,12-18H2,1-9H3. The van der Waals surface area contributed by atoms with Gasteiger partial charge in [-0.15, -0.1) is 0 Å². The number of aliphatic hydroxyl groups is 5. The van der Waals surface area contributed by atoms with Gasteiger partial charge in [-0.25, -0.2) is 4.79 Å². The SMILES string of the molecule is CC=C(C)C(=O)OC1C(O)C2(C)C(=CCC3C4(C)CCC(O)C(C)(C)C4CCC32C)C2CC(C)(C)C(O)C(O)C21CO. The Bertz CT molecular complexity index is 1170. The number of ether oxygens (including phenoxy) is 1.